The zero-order valence-corrected chi connectivity index (χ0v) is 13.8. The molecule has 2 atom stereocenters. The molecule has 1 rings (SSSR count). The Hall–Kier alpha value is 0.690. The molecule has 1 aliphatic carbocycles. The van der Waals surface area contributed by atoms with Crippen molar-refractivity contribution in [3.8, 4) is 0 Å². The lowest BCUT2D eigenvalue weighted by Gasteiger charge is -2.38. The van der Waals surface area contributed by atoms with E-state index in [9.17, 15) is 0 Å². The van der Waals surface area contributed by atoms with Crippen LogP contribution in [0, 0.1) is 5.92 Å². The second kappa shape index (κ2) is 8.73. The van der Waals surface area contributed by atoms with Gasteiger partial charge in [0.15, 0.2) is 0 Å². The quantitative estimate of drug-likeness (QED) is 0.325. The monoisotopic (exact) mass is 352 g/mol. The van der Waals surface area contributed by atoms with Gasteiger partial charge in [0.05, 0.1) is 5.60 Å². The van der Waals surface area contributed by atoms with E-state index in [0.29, 0.717) is 0 Å². The van der Waals surface area contributed by atoms with E-state index in [1.54, 1.807) is 0 Å². The lowest BCUT2D eigenvalue weighted by Crippen LogP contribution is -2.39. The van der Waals surface area contributed by atoms with Crippen molar-refractivity contribution in [2.24, 2.45) is 5.92 Å². The minimum Gasteiger partial charge on any atom is -0.374 e. The highest BCUT2D eigenvalue weighted by molar-refractivity contribution is 14.1. The van der Waals surface area contributed by atoms with Crippen molar-refractivity contribution in [2.45, 2.75) is 77.2 Å². The van der Waals surface area contributed by atoms with E-state index in [0.717, 1.165) is 12.5 Å². The molecule has 17 heavy (non-hydrogen) atoms. The molecule has 0 aromatic rings. The van der Waals surface area contributed by atoms with Gasteiger partial charge in [-0.25, -0.2) is 0 Å². The Bertz CT molecular complexity index is 195. The maximum atomic E-state index is 6.26. The molecule has 0 amide bonds. The first-order valence-corrected chi connectivity index (χ1v) is 8.95. The summed E-state index contributed by atoms with van der Waals surface area (Å²) in [6.45, 7) is 5.63. The molecule has 1 saturated carbocycles. The molecule has 0 aliphatic heterocycles. The summed E-state index contributed by atoms with van der Waals surface area (Å²) in [5.41, 5.74) is 0.225. The molecule has 0 N–H and O–H groups in total. The molecule has 0 aromatic carbocycles. The van der Waals surface area contributed by atoms with E-state index in [-0.39, 0.29) is 5.60 Å². The Balaban J connectivity index is 2.17. The third kappa shape index (κ3) is 5.91. The van der Waals surface area contributed by atoms with Gasteiger partial charge < -0.3 is 4.74 Å². The minimum atomic E-state index is 0.225. The Morgan fingerprint density at radius 1 is 1.24 bits per heavy atom. The third-order valence-electron chi connectivity index (χ3n) is 3.95. The molecule has 0 bridgehead atoms. The maximum absolute atomic E-state index is 6.26. The topological polar surface area (TPSA) is 9.23 Å². The van der Waals surface area contributed by atoms with Gasteiger partial charge in [0.1, 0.15) is 0 Å². The standard InChI is InChI=1S/C15H29IO/c1-3-4-5-6-7-11-17-15(13-16)10-8-9-14(2)12-15/h14H,3-13H2,1-2H3. The van der Waals surface area contributed by atoms with Crippen molar-refractivity contribution < 1.29 is 4.74 Å². The smallest absolute Gasteiger partial charge is 0.0774 e. The van der Waals surface area contributed by atoms with Crippen LogP contribution in [0.1, 0.15) is 71.6 Å². The number of halogens is 1. The van der Waals surface area contributed by atoms with Gasteiger partial charge in [-0.2, -0.15) is 0 Å². The molecule has 1 nitrogen and oxygen atoms in total. The Labute approximate surface area is 121 Å². The number of rotatable bonds is 8. The summed E-state index contributed by atoms with van der Waals surface area (Å²) in [6, 6.07) is 0. The number of ether oxygens (including phenoxy) is 1. The highest BCUT2D eigenvalue weighted by Crippen LogP contribution is 2.36. The highest BCUT2D eigenvalue weighted by atomic mass is 127. The summed E-state index contributed by atoms with van der Waals surface area (Å²) in [5.74, 6) is 0.860. The largest absolute Gasteiger partial charge is 0.374 e. The Kier molecular flexibility index (Phi) is 8.09. The van der Waals surface area contributed by atoms with Crippen LogP contribution in [0.15, 0.2) is 0 Å². The Morgan fingerprint density at radius 2 is 2.00 bits per heavy atom. The van der Waals surface area contributed by atoms with Crippen LogP contribution >= 0.6 is 22.6 Å². The number of alkyl halides is 1. The summed E-state index contributed by atoms with van der Waals surface area (Å²) in [4.78, 5) is 0. The molecule has 0 saturated heterocycles. The zero-order valence-electron chi connectivity index (χ0n) is 11.6. The first-order chi connectivity index (χ1) is 8.22. The van der Waals surface area contributed by atoms with E-state index < -0.39 is 0 Å². The van der Waals surface area contributed by atoms with Crippen LogP contribution < -0.4 is 0 Å². The fourth-order valence-corrected chi connectivity index (χ4v) is 3.81. The van der Waals surface area contributed by atoms with Crippen LogP contribution in [0.2, 0.25) is 0 Å². The van der Waals surface area contributed by atoms with Gasteiger partial charge in [-0.05, 0) is 25.2 Å². The molecule has 1 aliphatic rings. The van der Waals surface area contributed by atoms with Crippen LogP contribution in [0.5, 0.6) is 0 Å². The van der Waals surface area contributed by atoms with Crippen LogP contribution in [-0.4, -0.2) is 16.6 Å². The zero-order chi connectivity index (χ0) is 12.6. The molecule has 0 aromatic heterocycles. The normalized spacial score (nSPS) is 29.5. The molecular formula is C15H29IO. The van der Waals surface area contributed by atoms with Gasteiger partial charge >= 0.3 is 0 Å². The maximum Gasteiger partial charge on any atom is 0.0774 e. The van der Waals surface area contributed by atoms with Crippen molar-refractivity contribution >= 4 is 22.6 Å². The summed E-state index contributed by atoms with van der Waals surface area (Å²) in [5, 5.41) is 0. The molecule has 0 spiro atoms. The molecule has 2 unspecified atom stereocenters. The molecular weight excluding hydrogens is 323 g/mol. The number of unbranched alkanes of at least 4 members (excludes halogenated alkanes) is 4. The number of hydrogen-bond acceptors (Lipinski definition) is 1. The van der Waals surface area contributed by atoms with Gasteiger partial charge in [0.2, 0.25) is 0 Å². The third-order valence-corrected chi connectivity index (χ3v) is 5.34. The average Bonchev–Trinajstić information content (AvgIpc) is 2.34. The van der Waals surface area contributed by atoms with Gasteiger partial charge in [0.25, 0.3) is 0 Å². The van der Waals surface area contributed by atoms with Crippen molar-refractivity contribution in [2.75, 3.05) is 11.0 Å². The summed E-state index contributed by atoms with van der Waals surface area (Å²) in [7, 11) is 0. The summed E-state index contributed by atoms with van der Waals surface area (Å²) >= 11 is 2.52. The SMILES string of the molecule is CCCCCCCOC1(CI)CCCC(C)C1. The molecule has 0 heterocycles. The van der Waals surface area contributed by atoms with Crippen molar-refractivity contribution in [3.05, 3.63) is 0 Å². The summed E-state index contributed by atoms with van der Waals surface area (Å²) in [6.07, 6.45) is 12.0. The lowest BCUT2D eigenvalue weighted by atomic mass is 9.80. The molecule has 0 radical (unpaired) electrons. The molecule has 102 valence electrons. The Morgan fingerprint density at radius 3 is 2.65 bits per heavy atom. The predicted octanol–water partition coefficient (Wildman–Crippen LogP) is 5.36. The predicted molar refractivity (Wildman–Crippen MR) is 84.0 cm³/mol. The van der Waals surface area contributed by atoms with Gasteiger partial charge in [-0.1, -0.05) is 75.0 Å². The van der Waals surface area contributed by atoms with Crippen LogP contribution in [-0.2, 0) is 4.74 Å². The van der Waals surface area contributed by atoms with Crippen molar-refractivity contribution in [3.63, 3.8) is 0 Å². The average molecular weight is 352 g/mol. The van der Waals surface area contributed by atoms with Gasteiger partial charge in [-0.3, -0.25) is 0 Å². The van der Waals surface area contributed by atoms with Crippen LogP contribution in [0.25, 0.3) is 0 Å². The second-order valence-electron chi connectivity index (χ2n) is 5.78. The van der Waals surface area contributed by atoms with E-state index in [1.165, 1.54) is 62.2 Å². The minimum absolute atomic E-state index is 0.225. The fourth-order valence-electron chi connectivity index (χ4n) is 2.90. The number of hydrogen-bond donors (Lipinski definition) is 0. The first kappa shape index (κ1) is 15.7. The summed E-state index contributed by atoms with van der Waals surface area (Å²) < 4.78 is 7.43. The molecule has 2 heteroatoms. The van der Waals surface area contributed by atoms with Crippen LogP contribution in [0.3, 0.4) is 0 Å². The molecule has 1 fully saturated rings. The van der Waals surface area contributed by atoms with E-state index in [1.807, 2.05) is 0 Å². The van der Waals surface area contributed by atoms with Gasteiger partial charge in [-0.15, -0.1) is 0 Å². The van der Waals surface area contributed by atoms with E-state index in [4.69, 9.17) is 4.74 Å². The first-order valence-electron chi connectivity index (χ1n) is 7.42. The van der Waals surface area contributed by atoms with Crippen LogP contribution in [0.4, 0.5) is 0 Å². The van der Waals surface area contributed by atoms with Gasteiger partial charge in [0, 0.05) is 11.0 Å². The van der Waals surface area contributed by atoms with E-state index in [2.05, 4.69) is 36.4 Å². The lowest BCUT2D eigenvalue weighted by molar-refractivity contribution is -0.0628. The van der Waals surface area contributed by atoms with Crippen molar-refractivity contribution in [1.29, 1.82) is 0 Å². The second-order valence-corrected chi connectivity index (χ2v) is 6.54. The fraction of sp³-hybridized carbons (Fsp3) is 1.00. The highest BCUT2D eigenvalue weighted by Gasteiger charge is 2.34. The van der Waals surface area contributed by atoms with Crippen molar-refractivity contribution in [1.82, 2.24) is 0 Å². The van der Waals surface area contributed by atoms with E-state index >= 15 is 0 Å².